The van der Waals surface area contributed by atoms with Crippen molar-refractivity contribution in [3.8, 4) is 11.1 Å². The Bertz CT molecular complexity index is 1070. The quantitative estimate of drug-likeness (QED) is 0.575. The number of hydrogen-bond acceptors (Lipinski definition) is 5. The number of nitrogens with zero attached hydrogens (tertiary/aromatic N) is 1. The van der Waals surface area contributed by atoms with Gasteiger partial charge in [0, 0.05) is 19.5 Å². The molecule has 9 nitrogen and oxygen atoms in total. The average molecular weight is 466 g/mol. The van der Waals surface area contributed by atoms with E-state index < -0.39 is 36.5 Å². The molecule has 1 aliphatic carbocycles. The number of likely N-dealkylation sites (N-methyl/N-ethyl adjacent to an activating group) is 1. The fourth-order valence-electron chi connectivity index (χ4n) is 4.60. The summed E-state index contributed by atoms with van der Waals surface area (Å²) in [6.45, 7) is 0.634. The number of amides is 3. The van der Waals surface area contributed by atoms with E-state index >= 15 is 0 Å². The highest BCUT2D eigenvalue weighted by atomic mass is 16.5. The largest absolute Gasteiger partial charge is 0.481 e. The van der Waals surface area contributed by atoms with E-state index in [-0.39, 0.29) is 18.4 Å². The van der Waals surface area contributed by atoms with Crippen LogP contribution in [-0.2, 0) is 19.1 Å². The molecule has 2 aliphatic rings. The molecule has 2 aromatic rings. The van der Waals surface area contributed by atoms with Crippen molar-refractivity contribution >= 4 is 23.9 Å². The number of ether oxygens (including phenoxy) is 1. The maximum atomic E-state index is 12.7. The molecular formula is C25H27N3O6. The monoisotopic (exact) mass is 465 g/mol. The number of carboxylic acid groups (broad SMARTS) is 1. The van der Waals surface area contributed by atoms with Gasteiger partial charge >= 0.3 is 12.1 Å². The fraction of sp³-hybridized carbons (Fsp3) is 0.360. The molecule has 1 fully saturated rings. The van der Waals surface area contributed by atoms with E-state index in [9.17, 15) is 24.3 Å². The van der Waals surface area contributed by atoms with Gasteiger partial charge in [0.15, 0.2) is 0 Å². The predicted molar refractivity (Wildman–Crippen MR) is 123 cm³/mol. The molecule has 0 bridgehead atoms. The van der Waals surface area contributed by atoms with Crippen molar-refractivity contribution in [1.82, 2.24) is 15.5 Å². The molecule has 1 aliphatic heterocycles. The molecule has 2 unspecified atom stereocenters. The van der Waals surface area contributed by atoms with E-state index in [1.807, 2.05) is 48.5 Å². The first-order valence-electron chi connectivity index (χ1n) is 11.2. The van der Waals surface area contributed by atoms with Crippen LogP contribution in [0.5, 0.6) is 0 Å². The Morgan fingerprint density at radius 3 is 2.32 bits per heavy atom. The summed E-state index contributed by atoms with van der Waals surface area (Å²) < 4.78 is 5.43. The second kappa shape index (κ2) is 9.94. The molecular weight excluding hydrogens is 438 g/mol. The first-order valence-corrected chi connectivity index (χ1v) is 11.2. The number of benzene rings is 2. The summed E-state index contributed by atoms with van der Waals surface area (Å²) in [5, 5.41) is 14.1. The summed E-state index contributed by atoms with van der Waals surface area (Å²) >= 11 is 0. The maximum Gasteiger partial charge on any atom is 0.407 e. The van der Waals surface area contributed by atoms with Crippen LogP contribution in [0.1, 0.15) is 36.3 Å². The second-order valence-electron chi connectivity index (χ2n) is 8.58. The molecule has 9 heteroatoms. The molecule has 34 heavy (non-hydrogen) atoms. The van der Waals surface area contributed by atoms with Gasteiger partial charge in [-0.25, -0.2) is 4.79 Å². The van der Waals surface area contributed by atoms with Gasteiger partial charge in [-0.05, 0) is 35.1 Å². The summed E-state index contributed by atoms with van der Waals surface area (Å²) in [7, 11) is 1.64. The van der Waals surface area contributed by atoms with Gasteiger partial charge in [0.05, 0.1) is 6.42 Å². The van der Waals surface area contributed by atoms with Gasteiger partial charge in [-0.2, -0.15) is 0 Å². The molecule has 2 atom stereocenters. The Labute approximate surface area is 197 Å². The average Bonchev–Trinajstić information content (AvgIpc) is 3.14. The summed E-state index contributed by atoms with van der Waals surface area (Å²) in [4.78, 5) is 50.3. The zero-order valence-corrected chi connectivity index (χ0v) is 18.8. The molecule has 0 saturated carbocycles. The maximum absolute atomic E-state index is 12.7. The van der Waals surface area contributed by atoms with Gasteiger partial charge in [0.1, 0.15) is 18.7 Å². The fourth-order valence-corrected chi connectivity index (χ4v) is 4.60. The minimum absolute atomic E-state index is 0.0349. The van der Waals surface area contributed by atoms with Crippen LogP contribution in [0.4, 0.5) is 4.79 Å². The molecule has 178 valence electrons. The van der Waals surface area contributed by atoms with E-state index in [1.165, 1.54) is 4.90 Å². The van der Waals surface area contributed by atoms with Gasteiger partial charge in [0.25, 0.3) is 0 Å². The number of likely N-dealkylation sites (tertiary alicyclic amines) is 1. The first-order chi connectivity index (χ1) is 16.3. The minimum atomic E-state index is -1.37. The lowest BCUT2D eigenvalue weighted by molar-refractivity contribution is -0.141. The lowest BCUT2D eigenvalue weighted by Crippen LogP contribution is -2.56. The van der Waals surface area contributed by atoms with E-state index in [0.29, 0.717) is 13.0 Å². The van der Waals surface area contributed by atoms with Gasteiger partial charge in [-0.3, -0.25) is 14.4 Å². The Balaban J connectivity index is 1.40. The van der Waals surface area contributed by atoms with Gasteiger partial charge in [0.2, 0.25) is 11.8 Å². The number of alkyl carbamates (subject to hydrolysis) is 1. The van der Waals surface area contributed by atoms with E-state index in [2.05, 4.69) is 10.6 Å². The third-order valence-corrected chi connectivity index (χ3v) is 6.31. The number of rotatable bonds is 7. The number of piperidine rings is 1. The number of fused-ring (bicyclic) bond motifs is 3. The third-order valence-electron chi connectivity index (χ3n) is 6.31. The van der Waals surface area contributed by atoms with E-state index in [1.54, 1.807) is 7.05 Å². The number of hydrogen-bond donors (Lipinski definition) is 3. The lowest BCUT2D eigenvalue weighted by Gasteiger charge is -2.30. The zero-order valence-electron chi connectivity index (χ0n) is 18.8. The molecule has 3 N–H and O–H groups in total. The Morgan fingerprint density at radius 2 is 1.71 bits per heavy atom. The molecule has 4 rings (SSSR count). The van der Waals surface area contributed by atoms with Crippen LogP contribution in [0, 0.1) is 0 Å². The summed E-state index contributed by atoms with van der Waals surface area (Å²) in [6, 6.07) is 13.7. The molecule has 3 amide bonds. The van der Waals surface area contributed by atoms with E-state index in [0.717, 1.165) is 28.7 Å². The second-order valence-corrected chi connectivity index (χ2v) is 8.58. The van der Waals surface area contributed by atoms with Crippen LogP contribution in [0.25, 0.3) is 11.1 Å². The SMILES string of the molecule is CN1CCCC(NC(=O)C(CC(=O)O)NC(=O)OCC2c3ccccc3-c3ccccc32)C1=O. The summed E-state index contributed by atoms with van der Waals surface area (Å²) in [6.07, 6.45) is -0.349. The molecule has 1 heterocycles. The van der Waals surface area contributed by atoms with Crippen LogP contribution in [-0.4, -0.2) is 66.2 Å². The van der Waals surface area contributed by atoms with Crippen molar-refractivity contribution < 1.29 is 29.0 Å². The topological polar surface area (TPSA) is 125 Å². The van der Waals surface area contributed by atoms with E-state index in [4.69, 9.17) is 4.74 Å². The molecule has 0 aromatic heterocycles. The highest BCUT2D eigenvalue weighted by molar-refractivity contribution is 5.93. The number of carbonyl (C=O) groups is 4. The van der Waals surface area contributed by atoms with Crippen molar-refractivity contribution in [1.29, 1.82) is 0 Å². The van der Waals surface area contributed by atoms with Gasteiger partial charge in [-0.1, -0.05) is 48.5 Å². The van der Waals surface area contributed by atoms with Gasteiger partial charge in [-0.15, -0.1) is 0 Å². The summed E-state index contributed by atoms with van der Waals surface area (Å²) in [5.41, 5.74) is 4.24. The number of carbonyl (C=O) groups excluding carboxylic acids is 3. The Morgan fingerprint density at radius 1 is 1.09 bits per heavy atom. The number of aliphatic carboxylic acids is 1. The number of nitrogens with one attached hydrogen (secondary N) is 2. The van der Waals surface area contributed by atoms with Crippen LogP contribution in [0.15, 0.2) is 48.5 Å². The number of carboxylic acids is 1. The van der Waals surface area contributed by atoms with Crippen molar-refractivity contribution in [3.63, 3.8) is 0 Å². The van der Waals surface area contributed by atoms with Crippen molar-refractivity contribution in [3.05, 3.63) is 59.7 Å². The normalized spacial score (nSPS) is 18.0. The van der Waals surface area contributed by atoms with Gasteiger partial charge < -0.3 is 25.4 Å². The highest BCUT2D eigenvalue weighted by Crippen LogP contribution is 2.44. The van der Waals surface area contributed by atoms with Crippen molar-refractivity contribution in [2.24, 2.45) is 0 Å². The third kappa shape index (κ3) is 4.88. The first kappa shape index (κ1) is 23.3. The predicted octanol–water partition coefficient (Wildman–Crippen LogP) is 2.11. The lowest BCUT2D eigenvalue weighted by atomic mass is 9.98. The Hall–Kier alpha value is -3.88. The Kier molecular flexibility index (Phi) is 6.81. The molecule has 0 spiro atoms. The van der Waals surface area contributed by atoms with Crippen molar-refractivity contribution in [2.45, 2.75) is 37.3 Å². The smallest absolute Gasteiger partial charge is 0.407 e. The summed E-state index contributed by atoms with van der Waals surface area (Å²) in [5.74, 6) is -2.40. The standard InChI is InChI=1S/C25H27N3O6/c1-28-12-6-11-20(24(28)32)26-23(31)21(13-22(29)30)27-25(33)34-14-19-17-9-4-2-7-15(17)16-8-3-5-10-18(16)19/h2-5,7-10,19-21H,6,11-14H2,1H3,(H,26,31)(H,27,33)(H,29,30). The molecule has 1 saturated heterocycles. The van der Waals surface area contributed by atoms with Crippen LogP contribution in [0.3, 0.4) is 0 Å². The van der Waals surface area contributed by atoms with Crippen LogP contribution in [0.2, 0.25) is 0 Å². The molecule has 0 radical (unpaired) electrons. The van der Waals surface area contributed by atoms with Crippen molar-refractivity contribution in [2.75, 3.05) is 20.2 Å². The van der Waals surface area contributed by atoms with Crippen LogP contribution >= 0.6 is 0 Å². The minimum Gasteiger partial charge on any atom is -0.481 e. The highest BCUT2D eigenvalue weighted by Gasteiger charge is 2.33. The zero-order chi connectivity index (χ0) is 24.2. The molecule has 2 aromatic carbocycles. The van der Waals surface area contributed by atoms with Crippen LogP contribution < -0.4 is 10.6 Å².